The Morgan fingerprint density at radius 2 is 1.67 bits per heavy atom. The first-order valence-electron chi connectivity index (χ1n) is 14.7. The topological polar surface area (TPSA) is 56.3 Å². The third-order valence-corrected chi connectivity index (χ3v) is 8.41. The van der Waals surface area contributed by atoms with Crippen molar-refractivity contribution in [3.05, 3.63) is 123 Å². The molecule has 5 aromatic rings. The van der Waals surface area contributed by atoms with Crippen LogP contribution in [-0.2, 0) is 6.42 Å². The van der Waals surface area contributed by atoms with E-state index in [9.17, 15) is 8.78 Å². The summed E-state index contributed by atoms with van der Waals surface area (Å²) in [7, 11) is 1.57. The maximum absolute atomic E-state index is 15.3. The molecule has 5 rings (SSSR count). The van der Waals surface area contributed by atoms with Crippen LogP contribution in [0, 0.1) is 24.4 Å². The number of fused-ring (bicyclic) bond motifs is 1. The fraction of sp³-hybridized carbons (Fsp3) is 0.222. The van der Waals surface area contributed by atoms with Gasteiger partial charge in [-0.1, -0.05) is 48.8 Å². The highest BCUT2D eigenvalue weighted by Crippen LogP contribution is 2.39. The molecular weight excluding hydrogens is 634 g/mol. The third kappa shape index (κ3) is 6.78. The molecule has 2 aromatic heterocycles. The first-order valence-corrected chi connectivity index (χ1v) is 15.4. The molecule has 0 aliphatic rings. The Balaban J connectivity index is 1.59. The van der Waals surface area contributed by atoms with Crippen molar-refractivity contribution in [2.75, 3.05) is 20.3 Å². The second kappa shape index (κ2) is 14.0. The lowest BCUT2D eigenvalue weighted by molar-refractivity contribution is 0.336. The monoisotopic (exact) mass is 665 g/mol. The van der Waals surface area contributed by atoms with Crippen LogP contribution in [0.25, 0.3) is 27.9 Å². The summed E-state index contributed by atoms with van der Waals surface area (Å²) in [5.74, 6) is -1.58. The highest BCUT2D eigenvalue weighted by molar-refractivity contribution is 6.32. The number of halogens is 5. The molecule has 0 fully saturated rings. The van der Waals surface area contributed by atoms with E-state index in [4.69, 9.17) is 37.7 Å². The van der Waals surface area contributed by atoms with Gasteiger partial charge in [0, 0.05) is 40.7 Å². The smallest absolute Gasteiger partial charge is 0.148 e. The molecule has 0 saturated carbocycles. The molecule has 3 aromatic carbocycles. The van der Waals surface area contributed by atoms with Crippen LogP contribution in [0.3, 0.4) is 0 Å². The fourth-order valence-corrected chi connectivity index (χ4v) is 5.63. The van der Waals surface area contributed by atoms with E-state index in [1.807, 2.05) is 45.0 Å². The predicted molar refractivity (Wildman–Crippen MR) is 178 cm³/mol. The molecule has 1 atom stereocenters. The molecule has 0 radical (unpaired) electrons. The number of aryl methyl sites for hydroxylation is 2. The van der Waals surface area contributed by atoms with Gasteiger partial charge >= 0.3 is 0 Å². The summed E-state index contributed by atoms with van der Waals surface area (Å²) >= 11 is 12.5. The molecule has 1 unspecified atom stereocenters. The number of pyridine rings is 2. The highest BCUT2D eigenvalue weighted by Gasteiger charge is 2.24. The number of methoxy groups -OCH3 is 1. The largest absolute Gasteiger partial charge is 0.494 e. The van der Waals surface area contributed by atoms with Crippen molar-refractivity contribution in [2.45, 2.75) is 33.1 Å². The molecule has 10 heteroatoms. The average molecular weight is 667 g/mol. The zero-order valence-electron chi connectivity index (χ0n) is 25.8. The first-order chi connectivity index (χ1) is 22.0. The third-order valence-electron chi connectivity index (χ3n) is 7.73. The van der Waals surface area contributed by atoms with Crippen LogP contribution in [0.5, 0.6) is 11.5 Å². The summed E-state index contributed by atoms with van der Waals surface area (Å²) in [5.41, 5.74) is 4.99. The molecule has 5 nitrogen and oxygen atoms in total. The molecule has 0 aliphatic carbocycles. The quantitative estimate of drug-likeness (QED) is 0.142. The van der Waals surface area contributed by atoms with Crippen molar-refractivity contribution in [3.8, 4) is 22.8 Å². The van der Waals surface area contributed by atoms with Gasteiger partial charge in [0.05, 0.1) is 35.1 Å². The Kier molecular flexibility index (Phi) is 10.1. The fourth-order valence-electron chi connectivity index (χ4n) is 5.31. The van der Waals surface area contributed by atoms with E-state index < -0.39 is 17.6 Å². The van der Waals surface area contributed by atoms with Crippen LogP contribution in [0.15, 0.2) is 67.2 Å². The second-order valence-electron chi connectivity index (χ2n) is 10.7. The minimum atomic E-state index is -0.877. The van der Waals surface area contributed by atoms with Gasteiger partial charge < -0.3 is 14.8 Å². The van der Waals surface area contributed by atoms with E-state index >= 15 is 4.39 Å². The molecule has 0 aliphatic heterocycles. The molecule has 0 amide bonds. The summed E-state index contributed by atoms with van der Waals surface area (Å²) in [6.07, 6.45) is 0.539. The van der Waals surface area contributed by atoms with Gasteiger partial charge in [0.25, 0.3) is 0 Å². The minimum absolute atomic E-state index is 0.00684. The standard InChI is InChI=1S/C36H32Cl2F3N3O2/c1-6-21-14-32(44-35(36(21)46-7-2)26-16-29(38)31(41)17-30(26)40)27(22-8-10-25(39)11-9-22)18-42-19(3)23-12-24-13-28(37)20(4)43-34(24)33(15-23)45-5/h8-17,27,42H,3,6-7,18H2,1-2,4-5H3. The van der Waals surface area contributed by atoms with Crippen molar-refractivity contribution < 1.29 is 22.6 Å². The number of hydrogen-bond donors (Lipinski definition) is 1. The molecule has 1 N–H and O–H groups in total. The predicted octanol–water partition coefficient (Wildman–Crippen LogP) is 9.69. The van der Waals surface area contributed by atoms with Gasteiger partial charge in [0.1, 0.15) is 40.2 Å². The molecule has 0 spiro atoms. The second-order valence-corrected chi connectivity index (χ2v) is 11.5. The van der Waals surface area contributed by atoms with Crippen LogP contribution in [-0.4, -0.2) is 30.2 Å². The zero-order chi connectivity index (χ0) is 33.1. The summed E-state index contributed by atoms with van der Waals surface area (Å²) < 4.78 is 55.0. The lowest BCUT2D eigenvalue weighted by Crippen LogP contribution is -2.22. The summed E-state index contributed by atoms with van der Waals surface area (Å²) in [4.78, 5) is 9.47. The van der Waals surface area contributed by atoms with Crippen LogP contribution in [0.4, 0.5) is 13.2 Å². The molecule has 0 bridgehead atoms. The Hall–Kier alpha value is -4.27. The van der Waals surface area contributed by atoms with Gasteiger partial charge in [0.15, 0.2) is 0 Å². The Morgan fingerprint density at radius 1 is 0.935 bits per heavy atom. The normalized spacial score (nSPS) is 11.8. The van der Waals surface area contributed by atoms with Crippen LogP contribution in [0.1, 0.15) is 47.8 Å². The maximum Gasteiger partial charge on any atom is 0.148 e. The molecular formula is C36H32Cl2F3N3O2. The number of ether oxygens (including phenoxy) is 2. The highest BCUT2D eigenvalue weighted by atomic mass is 35.5. The van der Waals surface area contributed by atoms with E-state index in [2.05, 4.69) is 16.9 Å². The van der Waals surface area contributed by atoms with Gasteiger partial charge in [-0.25, -0.2) is 23.1 Å². The number of aromatic nitrogens is 2. The van der Waals surface area contributed by atoms with Gasteiger partial charge in [-0.2, -0.15) is 0 Å². The van der Waals surface area contributed by atoms with Crippen molar-refractivity contribution >= 4 is 39.8 Å². The SMILES string of the molecule is C=C(NCC(c1ccc(F)cc1)c1cc(CC)c(OCC)c(-c2cc(Cl)c(F)cc2F)n1)c1cc(OC)c2nc(C)c(Cl)cc2c1. The van der Waals surface area contributed by atoms with Crippen LogP contribution in [0.2, 0.25) is 10.0 Å². The lowest BCUT2D eigenvalue weighted by Gasteiger charge is -2.23. The summed E-state index contributed by atoms with van der Waals surface area (Å²) in [6, 6.07) is 15.5. The molecule has 0 saturated heterocycles. The Labute approximate surface area is 276 Å². The average Bonchev–Trinajstić information content (AvgIpc) is 3.04. The van der Waals surface area contributed by atoms with E-state index in [0.717, 1.165) is 28.1 Å². The van der Waals surface area contributed by atoms with Crippen molar-refractivity contribution in [3.63, 3.8) is 0 Å². The molecule has 46 heavy (non-hydrogen) atoms. The van der Waals surface area contributed by atoms with Crippen molar-refractivity contribution in [1.82, 2.24) is 15.3 Å². The number of nitrogens with zero attached hydrogens (tertiary/aromatic N) is 2. The number of hydrogen-bond acceptors (Lipinski definition) is 5. The van der Waals surface area contributed by atoms with Crippen LogP contribution < -0.4 is 14.8 Å². The van der Waals surface area contributed by atoms with Gasteiger partial charge in [-0.05, 0) is 73.9 Å². The lowest BCUT2D eigenvalue weighted by atomic mass is 9.92. The van der Waals surface area contributed by atoms with E-state index in [0.29, 0.717) is 52.2 Å². The summed E-state index contributed by atoms with van der Waals surface area (Å²) in [6.45, 7) is 10.4. The van der Waals surface area contributed by atoms with E-state index in [1.165, 1.54) is 18.2 Å². The van der Waals surface area contributed by atoms with E-state index in [1.54, 1.807) is 19.2 Å². The van der Waals surface area contributed by atoms with Crippen molar-refractivity contribution in [2.24, 2.45) is 0 Å². The molecule has 238 valence electrons. The first kappa shape index (κ1) is 33.1. The van der Waals surface area contributed by atoms with E-state index in [-0.39, 0.29) is 28.6 Å². The zero-order valence-corrected chi connectivity index (χ0v) is 27.3. The van der Waals surface area contributed by atoms with Gasteiger partial charge in [-0.15, -0.1) is 0 Å². The van der Waals surface area contributed by atoms with Crippen molar-refractivity contribution in [1.29, 1.82) is 0 Å². The number of nitrogens with one attached hydrogen (secondary N) is 1. The maximum atomic E-state index is 15.3. The Morgan fingerprint density at radius 3 is 2.35 bits per heavy atom. The van der Waals surface area contributed by atoms with Crippen LogP contribution >= 0.6 is 23.2 Å². The van der Waals surface area contributed by atoms with Gasteiger partial charge in [0.2, 0.25) is 0 Å². The number of rotatable bonds is 11. The molecule has 2 heterocycles. The number of benzene rings is 3. The van der Waals surface area contributed by atoms with Gasteiger partial charge in [-0.3, -0.25) is 0 Å². The Bertz CT molecular complexity index is 1930. The summed E-state index contributed by atoms with van der Waals surface area (Å²) in [5, 5.41) is 4.48. The minimum Gasteiger partial charge on any atom is -0.494 e.